The van der Waals surface area contributed by atoms with Crippen molar-refractivity contribution in [2.75, 3.05) is 0 Å². The van der Waals surface area contributed by atoms with Gasteiger partial charge >= 0.3 is 19.6 Å². The molecule has 0 spiro atoms. The Hall–Kier alpha value is -3.35. The largest absolute Gasteiger partial charge is 0.482 e. The number of aliphatic carboxylic acids is 2. The van der Waals surface area contributed by atoms with E-state index in [9.17, 15) is 19.5 Å². The summed E-state index contributed by atoms with van der Waals surface area (Å²) in [6.45, 7) is 3.89. The van der Waals surface area contributed by atoms with Gasteiger partial charge in [-0.15, -0.1) is 0 Å². The van der Waals surface area contributed by atoms with Crippen molar-refractivity contribution < 1.29 is 34.6 Å². The predicted octanol–water partition coefficient (Wildman–Crippen LogP) is -0.148. The quantitative estimate of drug-likeness (QED) is 0.296. The van der Waals surface area contributed by atoms with Crippen molar-refractivity contribution in [3.63, 3.8) is 0 Å². The van der Waals surface area contributed by atoms with Crippen molar-refractivity contribution in [1.29, 1.82) is 0 Å². The van der Waals surface area contributed by atoms with E-state index in [0.717, 1.165) is 5.56 Å². The second-order valence-electron chi connectivity index (χ2n) is 6.83. The Morgan fingerprint density at radius 3 is 2.06 bits per heavy atom. The number of aromatic nitrogens is 2. The molecular weight excluding hydrogens is 419 g/mol. The van der Waals surface area contributed by atoms with E-state index in [1.165, 1.54) is 18.6 Å². The molecule has 2 atom stereocenters. The molecule has 7 N–H and O–H groups in total. The van der Waals surface area contributed by atoms with Crippen LogP contribution in [0.15, 0.2) is 48.9 Å². The van der Waals surface area contributed by atoms with E-state index < -0.39 is 29.9 Å². The molecule has 2 rings (SSSR count). The number of nitrogens with zero attached hydrogens (tertiary/aromatic N) is 2. The SMILES string of the molecule is CC(C)C[C@H](N)C(=O)O.O=C(N[C@H](Cc1ccccc1)C(=O)O)c1cnccn1.O[B]O. The minimum atomic E-state index is -1.09. The number of carboxylic acid groups (broad SMARTS) is 2. The van der Waals surface area contributed by atoms with Gasteiger partial charge in [-0.1, -0.05) is 44.2 Å². The van der Waals surface area contributed by atoms with Crippen LogP contribution < -0.4 is 11.1 Å². The first kappa shape index (κ1) is 28.7. The Morgan fingerprint density at radius 1 is 1.06 bits per heavy atom. The average Bonchev–Trinajstić information content (AvgIpc) is 2.75. The summed E-state index contributed by atoms with van der Waals surface area (Å²) >= 11 is 0. The number of amides is 1. The van der Waals surface area contributed by atoms with Crippen LogP contribution in [0.5, 0.6) is 0 Å². The molecule has 2 aromatic rings. The maximum atomic E-state index is 11.9. The molecule has 0 saturated carbocycles. The highest BCUT2D eigenvalue weighted by atomic mass is 16.4. The van der Waals surface area contributed by atoms with Crippen LogP contribution in [-0.2, 0) is 16.0 Å². The highest BCUT2D eigenvalue weighted by Gasteiger charge is 2.21. The van der Waals surface area contributed by atoms with Gasteiger partial charge in [-0.25, -0.2) is 9.78 Å². The van der Waals surface area contributed by atoms with Crippen LogP contribution in [0, 0.1) is 5.92 Å². The lowest BCUT2D eigenvalue weighted by Gasteiger charge is -2.14. The third-order valence-corrected chi connectivity index (χ3v) is 3.72. The van der Waals surface area contributed by atoms with Gasteiger partial charge in [0.25, 0.3) is 5.91 Å². The molecule has 1 aromatic carbocycles. The monoisotopic (exact) mass is 447 g/mol. The van der Waals surface area contributed by atoms with Gasteiger partial charge in [0.15, 0.2) is 0 Å². The Balaban J connectivity index is 0.000000672. The first-order valence-electron chi connectivity index (χ1n) is 9.54. The van der Waals surface area contributed by atoms with E-state index in [2.05, 4.69) is 15.3 Å². The standard InChI is InChI=1S/C14H13N3O3.C6H13NO2.BH2O2/c18-13(12-9-15-6-7-16-12)17-11(14(19)20)8-10-4-2-1-3-5-10;1-4(2)3-5(7)6(8)9;2-1-3/h1-7,9,11H,8H2,(H,17,18)(H,19,20);4-5H,3,7H2,1-2H3,(H,8,9);2-3H/t11-;5-;/m10./s1. The fourth-order valence-corrected chi connectivity index (χ4v) is 2.31. The van der Waals surface area contributed by atoms with Crippen molar-refractivity contribution in [3.05, 3.63) is 60.2 Å². The predicted molar refractivity (Wildman–Crippen MR) is 116 cm³/mol. The van der Waals surface area contributed by atoms with E-state index in [1.54, 1.807) is 0 Å². The summed E-state index contributed by atoms with van der Waals surface area (Å²) in [7, 11) is 0. The van der Waals surface area contributed by atoms with Crippen LogP contribution >= 0.6 is 0 Å². The molecule has 1 radical (unpaired) electrons. The molecule has 32 heavy (non-hydrogen) atoms. The molecule has 1 aromatic heterocycles. The number of nitrogens with two attached hydrogens (primary N) is 1. The summed E-state index contributed by atoms with van der Waals surface area (Å²) in [6, 6.07) is 7.40. The number of carbonyl (C=O) groups excluding carboxylic acids is 1. The number of rotatable bonds is 8. The molecule has 1 amide bonds. The van der Waals surface area contributed by atoms with E-state index in [4.69, 9.17) is 20.9 Å². The van der Waals surface area contributed by atoms with Crippen LogP contribution in [-0.4, -0.2) is 67.8 Å². The molecule has 0 bridgehead atoms. The smallest absolute Gasteiger partial charge is 0.480 e. The third-order valence-electron chi connectivity index (χ3n) is 3.72. The fourth-order valence-electron chi connectivity index (χ4n) is 2.31. The number of nitrogens with one attached hydrogen (secondary N) is 1. The zero-order chi connectivity index (χ0) is 24.5. The molecule has 0 unspecified atom stereocenters. The lowest BCUT2D eigenvalue weighted by Crippen LogP contribution is -2.42. The highest BCUT2D eigenvalue weighted by Crippen LogP contribution is 2.04. The summed E-state index contributed by atoms with van der Waals surface area (Å²) in [5, 5.41) is 33.9. The van der Waals surface area contributed by atoms with Crippen molar-refractivity contribution in [1.82, 2.24) is 15.3 Å². The van der Waals surface area contributed by atoms with Gasteiger partial charge < -0.3 is 31.3 Å². The second-order valence-corrected chi connectivity index (χ2v) is 6.83. The molecule has 0 saturated heterocycles. The maximum absolute atomic E-state index is 11.9. The van der Waals surface area contributed by atoms with E-state index in [-0.39, 0.29) is 19.8 Å². The van der Waals surface area contributed by atoms with Crippen LogP contribution in [0.4, 0.5) is 0 Å². The van der Waals surface area contributed by atoms with Crippen LogP contribution in [0.1, 0.15) is 36.3 Å². The number of carbonyl (C=O) groups is 3. The Morgan fingerprint density at radius 2 is 1.66 bits per heavy atom. The molecule has 1 heterocycles. The molecule has 173 valence electrons. The minimum Gasteiger partial charge on any atom is -0.480 e. The summed E-state index contributed by atoms with van der Waals surface area (Å²) in [5.41, 5.74) is 6.14. The van der Waals surface area contributed by atoms with Crippen molar-refractivity contribution in [2.24, 2.45) is 11.7 Å². The summed E-state index contributed by atoms with van der Waals surface area (Å²) in [4.78, 5) is 40.8. The topological polar surface area (TPSA) is 196 Å². The van der Waals surface area contributed by atoms with Gasteiger partial charge in [0.1, 0.15) is 17.8 Å². The first-order chi connectivity index (χ1) is 15.1. The molecule has 11 nitrogen and oxygen atoms in total. The second kappa shape index (κ2) is 16.4. The minimum absolute atomic E-state index is 0. The number of carboxylic acids is 2. The first-order valence-corrected chi connectivity index (χ1v) is 9.54. The van der Waals surface area contributed by atoms with Crippen molar-refractivity contribution in [3.8, 4) is 0 Å². The number of hydrogen-bond donors (Lipinski definition) is 6. The maximum Gasteiger partial charge on any atom is 0.482 e. The molecule has 0 aliphatic carbocycles. The van der Waals surface area contributed by atoms with Crippen molar-refractivity contribution in [2.45, 2.75) is 38.8 Å². The van der Waals surface area contributed by atoms with Gasteiger partial charge in [-0.05, 0) is 17.9 Å². The Kier molecular flexibility index (Phi) is 14.7. The zero-order valence-electron chi connectivity index (χ0n) is 17.8. The van der Waals surface area contributed by atoms with Gasteiger partial charge in [-0.2, -0.15) is 0 Å². The third kappa shape index (κ3) is 13.1. The molecule has 12 heteroatoms. The van der Waals surface area contributed by atoms with Crippen LogP contribution in [0.2, 0.25) is 0 Å². The van der Waals surface area contributed by atoms with Crippen molar-refractivity contribution >= 4 is 25.5 Å². The lowest BCUT2D eigenvalue weighted by molar-refractivity contribution is -0.140. The lowest BCUT2D eigenvalue weighted by atomic mass is 10.1. The van der Waals surface area contributed by atoms with Crippen LogP contribution in [0.25, 0.3) is 0 Å². The van der Waals surface area contributed by atoms with E-state index in [0.29, 0.717) is 12.3 Å². The Labute approximate surface area is 186 Å². The van der Waals surface area contributed by atoms with E-state index >= 15 is 0 Å². The van der Waals surface area contributed by atoms with Gasteiger partial charge in [0.05, 0.1) is 6.20 Å². The Bertz CT molecular complexity index is 810. The summed E-state index contributed by atoms with van der Waals surface area (Å²) < 4.78 is 0. The summed E-state index contributed by atoms with van der Waals surface area (Å²) in [6.07, 6.45) is 4.87. The summed E-state index contributed by atoms with van der Waals surface area (Å²) in [5.74, 6) is -2.20. The molecule has 0 aliphatic rings. The van der Waals surface area contributed by atoms with Crippen LogP contribution in [0.3, 0.4) is 0 Å². The molecule has 0 aliphatic heterocycles. The normalized spacial score (nSPS) is 11.6. The number of hydrogen-bond acceptors (Lipinski definition) is 8. The number of benzene rings is 1. The van der Waals surface area contributed by atoms with Gasteiger partial charge in [0.2, 0.25) is 0 Å². The van der Waals surface area contributed by atoms with Gasteiger partial charge in [0, 0.05) is 18.8 Å². The highest BCUT2D eigenvalue weighted by molar-refractivity contribution is 6.13. The molecular formula is C20H28BN4O7. The molecule has 0 fully saturated rings. The fraction of sp³-hybridized carbons (Fsp3) is 0.350. The van der Waals surface area contributed by atoms with Gasteiger partial charge in [-0.3, -0.25) is 14.6 Å². The average molecular weight is 447 g/mol. The zero-order valence-corrected chi connectivity index (χ0v) is 17.8. The van der Waals surface area contributed by atoms with E-state index in [1.807, 2.05) is 44.2 Å².